The van der Waals surface area contributed by atoms with E-state index in [9.17, 15) is 4.79 Å². The van der Waals surface area contributed by atoms with Gasteiger partial charge in [-0.15, -0.1) is 5.10 Å². The molecular weight excluding hydrogens is 388 g/mol. The Kier molecular flexibility index (Phi) is 5.85. The quantitative estimate of drug-likeness (QED) is 0.681. The zero-order valence-corrected chi connectivity index (χ0v) is 18.4. The highest BCUT2D eigenvalue weighted by Gasteiger charge is 2.33. The van der Waals surface area contributed by atoms with Crippen molar-refractivity contribution in [3.05, 3.63) is 51.6 Å². The lowest BCUT2D eigenvalue weighted by atomic mass is 9.95. The minimum atomic E-state index is -0.218. The van der Waals surface area contributed by atoms with Crippen LogP contribution in [0.1, 0.15) is 86.8 Å². The molecule has 1 N–H and O–H groups in total. The smallest absolute Gasteiger partial charge is 0.253 e. The highest BCUT2D eigenvalue weighted by molar-refractivity contribution is 5.79. The first kappa shape index (κ1) is 20.4. The molecule has 1 saturated heterocycles. The van der Waals surface area contributed by atoms with Gasteiger partial charge >= 0.3 is 0 Å². The fraction of sp³-hybridized carbons (Fsp3) is 0.583. The predicted octanol–water partition coefficient (Wildman–Crippen LogP) is 4.29. The van der Waals surface area contributed by atoms with Gasteiger partial charge in [-0.25, -0.2) is 4.68 Å². The Balaban J connectivity index is 1.63. The Hall–Kier alpha value is -2.54. The van der Waals surface area contributed by atoms with E-state index in [1.54, 1.807) is 0 Å². The number of hydrogen-bond acceptors (Lipinski definition) is 5. The molecule has 1 atom stereocenters. The van der Waals surface area contributed by atoms with Crippen molar-refractivity contribution in [3.8, 4) is 0 Å². The van der Waals surface area contributed by atoms with Crippen molar-refractivity contribution in [1.29, 1.82) is 0 Å². The van der Waals surface area contributed by atoms with Crippen molar-refractivity contribution in [3.63, 3.8) is 0 Å². The number of rotatable bonds is 4. The molecule has 7 heteroatoms. The summed E-state index contributed by atoms with van der Waals surface area (Å²) in [5, 5.41) is 14.1. The SMILES string of the molecule is Cc1ccc2cc([C@H](c3nnnn3C3CCCCC3)N3CCCCCC3)c(=O)[nH]c2c1. The number of aromatic amines is 1. The van der Waals surface area contributed by atoms with Crippen LogP contribution in [0.2, 0.25) is 0 Å². The zero-order valence-electron chi connectivity index (χ0n) is 18.4. The van der Waals surface area contributed by atoms with Gasteiger partial charge in [-0.2, -0.15) is 0 Å². The van der Waals surface area contributed by atoms with Gasteiger partial charge in [0.05, 0.1) is 6.04 Å². The minimum absolute atomic E-state index is 0.0365. The van der Waals surface area contributed by atoms with Crippen LogP contribution in [-0.4, -0.2) is 43.2 Å². The number of hydrogen-bond donors (Lipinski definition) is 1. The van der Waals surface area contributed by atoms with Crippen LogP contribution in [0.25, 0.3) is 10.9 Å². The van der Waals surface area contributed by atoms with Crippen LogP contribution >= 0.6 is 0 Å². The number of fused-ring (bicyclic) bond motifs is 1. The van der Waals surface area contributed by atoms with Crippen molar-refractivity contribution in [2.45, 2.75) is 76.8 Å². The minimum Gasteiger partial charge on any atom is -0.322 e. The number of nitrogens with one attached hydrogen (secondary N) is 1. The van der Waals surface area contributed by atoms with Gasteiger partial charge in [0.2, 0.25) is 0 Å². The van der Waals surface area contributed by atoms with Crippen molar-refractivity contribution >= 4 is 10.9 Å². The van der Waals surface area contributed by atoms with Crippen LogP contribution in [-0.2, 0) is 0 Å². The number of tetrazole rings is 1. The summed E-state index contributed by atoms with van der Waals surface area (Å²) >= 11 is 0. The highest BCUT2D eigenvalue weighted by atomic mass is 16.1. The second kappa shape index (κ2) is 8.91. The number of benzene rings is 1. The number of pyridine rings is 1. The maximum absolute atomic E-state index is 13.3. The molecule has 0 unspecified atom stereocenters. The Bertz CT molecular complexity index is 1090. The summed E-state index contributed by atoms with van der Waals surface area (Å²) < 4.78 is 2.04. The molecule has 31 heavy (non-hydrogen) atoms. The molecule has 2 aromatic heterocycles. The summed E-state index contributed by atoms with van der Waals surface area (Å²) in [6.07, 6.45) is 10.7. The molecule has 3 aromatic rings. The first-order chi connectivity index (χ1) is 15.2. The number of aryl methyl sites for hydroxylation is 1. The van der Waals surface area contributed by atoms with Gasteiger partial charge in [0.1, 0.15) is 6.04 Å². The molecule has 0 bridgehead atoms. The van der Waals surface area contributed by atoms with Crippen LogP contribution in [0, 0.1) is 6.92 Å². The van der Waals surface area contributed by atoms with Gasteiger partial charge in [0.15, 0.2) is 5.82 Å². The molecule has 1 aliphatic carbocycles. The third-order valence-corrected chi connectivity index (χ3v) is 7.01. The Morgan fingerprint density at radius 3 is 2.52 bits per heavy atom. The molecule has 7 nitrogen and oxygen atoms in total. The monoisotopic (exact) mass is 420 g/mol. The maximum Gasteiger partial charge on any atom is 0.253 e. The van der Waals surface area contributed by atoms with E-state index in [0.29, 0.717) is 6.04 Å². The molecule has 1 aromatic carbocycles. The lowest BCUT2D eigenvalue weighted by Gasteiger charge is -2.31. The van der Waals surface area contributed by atoms with E-state index in [2.05, 4.69) is 43.6 Å². The summed E-state index contributed by atoms with van der Waals surface area (Å²) in [6, 6.07) is 8.39. The van der Waals surface area contributed by atoms with E-state index in [1.807, 2.05) is 17.7 Å². The van der Waals surface area contributed by atoms with E-state index >= 15 is 0 Å². The van der Waals surface area contributed by atoms with Crippen LogP contribution in [0.5, 0.6) is 0 Å². The second-order valence-electron chi connectivity index (χ2n) is 9.27. The van der Waals surface area contributed by atoms with Crippen LogP contribution in [0.4, 0.5) is 0 Å². The molecule has 3 heterocycles. The summed E-state index contributed by atoms with van der Waals surface area (Å²) in [5.74, 6) is 0.825. The molecule has 1 aliphatic heterocycles. The predicted molar refractivity (Wildman–Crippen MR) is 121 cm³/mol. The molecule has 1 saturated carbocycles. The first-order valence-corrected chi connectivity index (χ1v) is 11.9. The molecule has 0 amide bonds. The fourth-order valence-electron chi connectivity index (χ4n) is 5.35. The molecule has 164 valence electrons. The van der Waals surface area contributed by atoms with Gasteiger partial charge in [-0.3, -0.25) is 9.69 Å². The van der Waals surface area contributed by atoms with Crippen molar-refractivity contribution < 1.29 is 0 Å². The van der Waals surface area contributed by atoms with Gasteiger partial charge in [0, 0.05) is 11.1 Å². The molecular formula is C24H32N6O. The Morgan fingerprint density at radius 2 is 1.74 bits per heavy atom. The standard InChI is InChI=1S/C24H32N6O/c1-17-11-12-18-16-20(24(31)25-21(18)15-17)22(29-13-7-2-3-8-14-29)23-26-27-28-30(23)19-9-5-4-6-10-19/h11-12,15-16,19,22H,2-10,13-14H2,1H3,(H,25,31)/t22-/m1/s1. The van der Waals surface area contributed by atoms with Gasteiger partial charge in [-0.05, 0) is 79.2 Å². The van der Waals surface area contributed by atoms with Crippen molar-refractivity contribution in [2.24, 2.45) is 0 Å². The number of nitrogens with zero attached hydrogens (tertiary/aromatic N) is 5. The summed E-state index contributed by atoms with van der Waals surface area (Å²) in [4.78, 5) is 18.9. The van der Waals surface area contributed by atoms with Crippen molar-refractivity contribution in [2.75, 3.05) is 13.1 Å². The lowest BCUT2D eigenvalue weighted by Crippen LogP contribution is -2.36. The molecule has 5 rings (SSSR count). The molecule has 0 spiro atoms. The summed E-state index contributed by atoms with van der Waals surface area (Å²) in [6.45, 7) is 3.98. The van der Waals surface area contributed by atoms with Gasteiger partial charge in [0.25, 0.3) is 5.56 Å². The second-order valence-corrected chi connectivity index (χ2v) is 9.27. The third kappa shape index (κ3) is 4.15. The largest absolute Gasteiger partial charge is 0.322 e. The average molecular weight is 421 g/mol. The lowest BCUT2D eigenvalue weighted by molar-refractivity contribution is 0.210. The van der Waals surface area contributed by atoms with E-state index in [-0.39, 0.29) is 11.6 Å². The van der Waals surface area contributed by atoms with Crippen LogP contribution < -0.4 is 5.56 Å². The first-order valence-electron chi connectivity index (χ1n) is 11.9. The average Bonchev–Trinajstić information content (AvgIpc) is 3.10. The van der Waals surface area contributed by atoms with Crippen molar-refractivity contribution in [1.82, 2.24) is 30.1 Å². The van der Waals surface area contributed by atoms with Crippen LogP contribution in [0.15, 0.2) is 29.1 Å². The van der Waals surface area contributed by atoms with E-state index in [1.165, 1.54) is 32.1 Å². The van der Waals surface area contributed by atoms with E-state index in [4.69, 9.17) is 0 Å². The van der Waals surface area contributed by atoms with E-state index in [0.717, 1.165) is 66.6 Å². The molecule has 2 fully saturated rings. The Morgan fingerprint density at radius 1 is 1.00 bits per heavy atom. The van der Waals surface area contributed by atoms with Gasteiger partial charge in [-0.1, -0.05) is 44.2 Å². The molecule has 2 aliphatic rings. The highest BCUT2D eigenvalue weighted by Crippen LogP contribution is 2.34. The van der Waals surface area contributed by atoms with Crippen LogP contribution in [0.3, 0.4) is 0 Å². The summed E-state index contributed by atoms with van der Waals surface area (Å²) in [7, 11) is 0. The van der Waals surface area contributed by atoms with Gasteiger partial charge < -0.3 is 4.98 Å². The topological polar surface area (TPSA) is 79.7 Å². The Labute approximate surface area is 182 Å². The summed E-state index contributed by atoms with van der Waals surface area (Å²) in [5.41, 5.74) is 2.74. The zero-order chi connectivity index (χ0) is 21.2. The number of likely N-dealkylation sites (tertiary alicyclic amines) is 1. The maximum atomic E-state index is 13.3. The number of aromatic nitrogens is 5. The normalized spacial score (nSPS) is 20.0. The molecule has 0 radical (unpaired) electrons. The van der Waals surface area contributed by atoms with E-state index < -0.39 is 0 Å². The number of H-pyrrole nitrogens is 1. The fourth-order valence-corrected chi connectivity index (χ4v) is 5.35. The third-order valence-electron chi connectivity index (χ3n) is 7.01.